The molecule has 0 radical (unpaired) electrons. The lowest BCUT2D eigenvalue weighted by molar-refractivity contribution is -0.112. The van der Waals surface area contributed by atoms with Crippen molar-refractivity contribution in [3.63, 3.8) is 0 Å². The molecule has 0 saturated heterocycles. The summed E-state index contributed by atoms with van der Waals surface area (Å²) in [5.74, 6) is 0.530. The maximum Gasteiger partial charge on any atom is 0.266 e. The number of amides is 1. The molecule has 0 spiro atoms. The Kier molecular flexibility index (Phi) is 5.19. The number of nitrogens with one attached hydrogen (secondary N) is 1. The third-order valence-electron chi connectivity index (χ3n) is 3.30. The number of ether oxygens (including phenoxy) is 2. The van der Waals surface area contributed by atoms with E-state index in [4.69, 9.17) is 32.7 Å². The van der Waals surface area contributed by atoms with Crippen LogP contribution in [-0.2, 0) is 4.79 Å². The van der Waals surface area contributed by atoms with Crippen molar-refractivity contribution in [1.82, 2.24) is 0 Å². The van der Waals surface area contributed by atoms with Crippen molar-refractivity contribution < 1.29 is 14.3 Å². The van der Waals surface area contributed by atoms with Gasteiger partial charge < -0.3 is 14.8 Å². The van der Waals surface area contributed by atoms with E-state index in [0.29, 0.717) is 37.3 Å². The Morgan fingerprint density at radius 2 is 2.08 bits per heavy atom. The van der Waals surface area contributed by atoms with Gasteiger partial charge in [0.05, 0.1) is 15.2 Å². The molecule has 0 atom stereocenters. The predicted molar refractivity (Wildman–Crippen MR) is 98.9 cm³/mol. The van der Waals surface area contributed by atoms with Gasteiger partial charge in [0, 0.05) is 5.02 Å². The van der Waals surface area contributed by atoms with Gasteiger partial charge in [-0.1, -0.05) is 23.2 Å². The summed E-state index contributed by atoms with van der Waals surface area (Å²) in [6, 6.07) is 9.96. The quantitative estimate of drug-likeness (QED) is 0.537. The molecule has 0 unspecified atom stereocenters. The first-order chi connectivity index (χ1) is 12.0. The summed E-state index contributed by atoms with van der Waals surface area (Å²) in [4.78, 5) is 12.4. The first kappa shape index (κ1) is 17.6. The van der Waals surface area contributed by atoms with Gasteiger partial charge in [0.15, 0.2) is 11.5 Å². The third kappa shape index (κ3) is 3.90. The summed E-state index contributed by atoms with van der Waals surface area (Å²) in [7, 11) is 0. The highest BCUT2D eigenvalue weighted by Gasteiger charge is 2.18. The fraction of sp³-hybridized carbons (Fsp3) is 0.0588. The van der Waals surface area contributed by atoms with Gasteiger partial charge in [0.1, 0.15) is 11.6 Å². The molecule has 0 saturated carbocycles. The average molecular weight is 440 g/mol. The summed E-state index contributed by atoms with van der Waals surface area (Å²) < 4.78 is 11.3. The Labute approximate surface area is 161 Å². The molecule has 1 aliphatic rings. The maximum atomic E-state index is 12.4. The van der Waals surface area contributed by atoms with Gasteiger partial charge in [-0.25, -0.2) is 0 Å². The summed E-state index contributed by atoms with van der Waals surface area (Å²) >= 11 is 15.3. The second kappa shape index (κ2) is 7.36. The molecule has 0 fully saturated rings. The normalized spacial score (nSPS) is 12.6. The molecular formula is C17H9BrCl2N2O3. The number of nitrogens with zero attached hydrogens (tertiary/aromatic N) is 1. The molecule has 1 heterocycles. The van der Waals surface area contributed by atoms with Crippen molar-refractivity contribution in [1.29, 1.82) is 5.26 Å². The second-order valence-electron chi connectivity index (χ2n) is 4.98. The first-order valence-corrected chi connectivity index (χ1v) is 8.50. The van der Waals surface area contributed by atoms with Crippen molar-refractivity contribution in [3.8, 4) is 17.6 Å². The number of halogens is 3. The molecular weight excluding hydrogens is 431 g/mol. The minimum Gasteiger partial charge on any atom is -0.454 e. The van der Waals surface area contributed by atoms with Crippen LogP contribution in [0.1, 0.15) is 5.56 Å². The molecule has 25 heavy (non-hydrogen) atoms. The lowest BCUT2D eigenvalue weighted by Crippen LogP contribution is -2.13. The van der Waals surface area contributed by atoms with Gasteiger partial charge in [-0.3, -0.25) is 4.79 Å². The van der Waals surface area contributed by atoms with Gasteiger partial charge in [-0.05, 0) is 57.9 Å². The molecule has 1 amide bonds. The van der Waals surface area contributed by atoms with Crippen LogP contribution in [-0.4, -0.2) is 12.7 Å². The number of nitriles is 1. The minimum absolute atomic E-state index is 0.0955. The Hall–Kier alpha value is -2.20. The van der Waals surface area contributed by atoms with Crippen LogP contribution >= 0.6 is 39.1 Å². The molecule has 1 aliphatic heterocycles. The van der Waals surface area contributed by atoms with E-state index in [-0.39, 0.29) is 12.4 Å². The number of hydrogen-bond donors (Lipinski definition) is 1. The lowest BCUT2D eigenvalue weighted by Gasteiger charge is -2.07. The Bertz CT molecular complexity index is 938. The molecule has 126 valence electrons. The molecule has 5 nitrogen and oxygen atoms in total. The monoisotopic (exact) mass is 438 g/mol. The molecule has 2 aromatic carbocycles. The fourth-order valence-electron chi connectivity index (χ4n) is 2.17. The zero-order valence-corrected chi connectivity index (χ0v) is 15.6. The SMILES string of the molecule is N#C/C(=C\c1cc(Br)c2c(c1)OCO2)C(=O)Nc1cc(Cl)ccc1Cl. The van der Waals surface area contributed by atoms with Crippen LogP contribution in [0.25, 0.3) is 6.08 Å². The predicted octanol–water partition coefficient (Wildman–Crippen LogP) is 5.03. The summed E-state index contributed by atoms with van der Waals surface area (Å²) in [6.07, 6.45) is 1.44. The summed E-state index contributed by atoms with van der Waals surface area (Å²) in [5.41, 5.74) is 0.842. The van der Waals surface area contributed by atoms with Crippen molar-refractivity contribution >= 4 is 56.8 Å². The van der Waals surface area contributed by atoms with E-state index in [2.05, 4.69) is 21.2 Å². The van der Waals surface area contributed by atoms with Crippen LogP contribution in [0.15, 0.2) is 40.4 Å². The highest BCUT2D eigenvalue weighted by Crippen LogP contribution is 2.40. The number of benzene rings is 2. The van der Waals surface area contributed by atoms with Crippen LogP contribution in [0, 0.1) is 11.3 Å². The molecule has 0 aliphatic carbocycles. The van der Waals surface area contributed by atoms with Gasteiger partial charge in [-0.2, -0.15) is 5.26 Å². The Morgan fingerprint density at radius 3 is 2.84 bits per heavy atom. The second-order valence-corrected chi connectivity index (χ2v) is 6.68. The van der Waals surface area contributed by atoms with Crippen LogP contribution < -0.4 is 14.8 Å². The van der Waals surface area contributed by atoms with Crippen molar-refractivity contribution in [2.24, 2.45) is 0 Å². The highest BCUT2D eigenvalue weighted by atomic mass is 79.9. The van der Waals surface area contributed by atoms with Crippen LogP contribution in [0.5, 0.6) is 11.5 Å². The number of hydrogen-bond acceptors (Lipinski definition) is 4. The molecule has 3 rings (SSSR count). The molecule has 1 N–H and O–H groups in total. The van der Waals surface area contributed by atoms with Gasteiger partial charge in [0.2, 0.25) is 6.79 Å². The van der Waals surface area contributed by atoms with E-state index in [1.54, 1.807) is 24.3 Å². The molecule has 0 bridgehead atoms. The maximum absolute atomic E-state index is 12.4. The molecule has 0 aromatic heterocycles. The minimum atomic E-state index is -0.597. The largest absolute Gasteiger partial charge is 0.454 e. The summed E-state index contributed by atoms with van der Waals surface area (Å²) in [5, 5.41) is 12.6. The Balaban J connectivity index is 1.88. The van der Waals surface area contributed by atoms with Gasteiger partial charge in [0.25, 0.3) is 5.91 Å². The van der Waals surface area contributed by atoms with Gasteiger partial charge >= 0.3 is 0 Å². The number of carbonyl (C=O) groups excluding carboxylic acids is 1. The van der Waals surface area contributed by atoms with E-state index >= 15 is 0 Å². The zero-order valence-electron chi connectivity index (χ0n) is 12.5. The first-order valence-electron chi connectivity index (χ1n) is 6.95. The van der Waals surface area contributed by atoms with Crippen molar-refractivity contribution in [2.75, 3.05) is 12.1 Å². The van der Waals surface area contributed by atoms with Crippen molar-refractivity contribution in [3.05, 3.63) is 56.0 Å². The van der Waals surface area contributed by atoms with Crippen LogP contribution in [0.4, 0.5) is 5.69 Å². The number of carbonyl (C=O) groups is 1. The fourth-order valence-corrected chi connectivity index (χ4v) is 3.08. The topological polar surface area (TPSA) is 71.3 Å². The number of fused-ring (bicyclic) bond motifs is 1. The van der Waals surface area contributed by atoms with E-state index in [9.17, 15) is 10.1 Å². The molecule has 8 heteroatoms. The van der Waals surface area contributed by atoms with E-state index < -0.39 is 5.91 Å². The number of anilines is 1. The molecule has 2 aromatic rings. The smallest absolute Gasteiger partial charge is 0.266 e. The Morgan fingerprint density at radius 1 is 1.28 bits per heavy atom. The average Bonchev–Trinajstić information content (AvgIpc) is 3.05. The van der Waals surface area contributed by atoms with Crippen LogP contribution in [0.3, 0.4) is 0 Å². The lowest BCUT2D eigenvalue weighted by atomic mass is 10.1. The number of rotatable bonds is 3. The van der Waals surface area contributed by atoms with Crippen molar-refractivity contribution in [2.45, 2.75) is 0 Å². The van der Waals surface area contributed by atoms with Gasteiger partial charge in [-0.15, -0.1) is 0 Å². The summed E-state index contributed by atoms with van der Waals surface area (Å²) in [6.45, 7) is 0.125. The standard InChI is InChI=1S/C17H9BrCl2N2O3/c18-12-4-9(5-15-16(12)25-8-24-15)3-10(7-21)17(23)22-14-6-11(19)1-2-13(14)20/h1-6H,8H2,(H,22,23)/b10-3+. The zero-order chi connectivity index (χ0) is 18.0. The van der Waals surface area contributed by atoms with Crippen LogP contribution in [0.2, 0.25) is 10.0 Å². The highest BCUT2D eigenvalue weighted by molar-refractivity contribution is 9.10. The third-order valence-corrected chi connectivity index (χ3v) is 4.46. The van der Waals surface area contributed by atoms with E-state index in [1.807, 2.05) is 6.07 Å². The van der Waals surface area contributed by atoms with E-state index in [1.165, 1.54) is 12.1 Å². The van der Waals surface area contributed by atoms with E-state index in [0.717, 1.165) is 0 Å².